The first-order valence-electron chi connectivity index (χ1n) is 4.18. The lowest BCUT2D eigenvalue weighted by molar-refractivity contribution is -0.150. The number of ether oxygens (including phenoxy) is 2. The molecule has 0 aliphatic rings. The molecule has 0 N–H and O–H groups in total. The van der Waals surface area contributed by atoms with Gasteiger partial charge >= 0.3 is 5.97 Å². The highest BCUT2D eigenvalue weighted by Gasteiger charge is 2.11. The number of hydrogen-bond acceptors (Lipinski definition) is 3. The van der Waals surface area contributed by atoms with Gasteiger partial charge in [0.25, 0.3) is 0 Å². The average Bonchev–Trinajstić information content (AvgIpc) is 2.16. The van der Waals surface area contributed by atoms with E-state index in [1.807, 2.05) is 0 Å². The van der Waals surface area contributed by atoms with E-state index in [4.69, 9.17) is 21.1 Å². The normalized spacial score (nSPS) is 12.2. The Labute approximate surface area is 83.7 Å². The van der Waals surface area contributed by atoms with Crippen LogP contribution in [0.15, 0.2) is 12.7 Å². The van der Waals surface area contributed by atoms with Gasteiger partial charge in [0.1, 0.15) is 6.10 Å². The van der Waals surface area contributed by atoms with Gasteiger partial charge in [0.05, 0.1) is 19.1 Å². The zero-order valence-electron chi connectivity index (χ0n) is 7.79. The van der Waals surface area contributed by atoms with Gasteiger partial charge in [0.2, 0.25) is 0 Å². The molecule has 0 spiro atoms. The average molecular weight is 207 g/mol. The fourth-order valence-corrected chi connectivity index (χ4v) is 0.814. The van der Waals surface area contributed by atoms with Crippen molar-refractivity contribution in [3.05, 3.63) is 12.7 Å². The molecule has 4 heteroatoms. The van der Waals surface area contributed by atoms with E-state index in [0.717, 1.165) is 0 Å². The van der Waals surface area contributed by atoms with Crippen LogP contribution in [0.2, 0.25) is 0 Å². The van der Waals surface area contributed by atoms with Crippen LogP contribution in [0.4, 0.5) is 0 Å². The zero-order valence-corrected chi connectivity index (χ0v) is 8.55. The van der Waals surface area contributed by atoms with Crippen LogP contribution in [-0.4, -0.2) is 31.2 Å². The number of esters is 1. The van der Waals surface area contributed by atoms with Gasteiger partial charge in [0.15, 0.2) is 0 Å². The van der Waals surface area contributed by atoms with Crippen molar-refractivity contribution in [2.45, 2.75) is 19.4 Å². The van der Waals surface area contributed by atoms with Crippen molar-refractivity contribution < 1.29 is 14.3 Å². The zero-order chi connectivity index (χ0) is 10.1. The summed E-state index contributed by atoms with van der Waals surface area (Å²) in [5.41, 5.74) is 0. The predicted molar refractivity (Wildman–Crippen MR) is 51.9 cm³/mol. The first-order chi connectivity index (χ1) is 6.24. The van der Waals surface area contributed by atoms with Gasteiger partial charge in [-0.15, -0.1) is 18.2 Å². The Balaban J connectivity index is 3.62. The first kappa shape index (κ1) is 12.5. The number of carbonyl (C=O) groups excluding carboxylic acids is 1. The van der Waals surface area contributed by atoms with Gasteiger partial charge in [-0.2, -0.15) is 0 Å². The van der Waals surface area contributed by atoms with Gasteiger partial charge in [-0.3, -0.25) is 4.79 Å². The Morgan fingerprint density at radius 3 is 2.85 bits per heavy atom. The molecule has 0 radical (unpaired) electrons. The van der Waals surface area contributed by atoms with Gasteiger partial charge in [-0.1, -0.05) is 13.0 Å². The Hall–Kier alpha value is -0.540. The third kappa shape index (κ3) is 6.61. The Morgan fingerprint density at radius 2 is 2.38 bits per heavy atom. The maximum absolute atomic E-state index is 10.9. The summed E-state index contributed by atoms with van der Waals surface area (Å²) in [6.45, 7) is 5.99. The predicted octanol–water partition coefficient (Wildman–Crippen LogP) is 1.75. The van der Waals surface area contributed by atoms with Crippen LogP contribution in [0.5, 0.6) is 0 Å². The van der Waals surface area contributed by atoms with Crippen molar-refractivity contribution in [2.24, 2.45) is 0 Å². The summed E-state index contributed by atoms with van der Waals surface area (Å²) < 4.78 is 10.1. The molecule has 0 bridgehead atoms. The second-order valence-corrected chi connectivity index (χ2v) is 2.75. The molecule has 0 aromatic carbocycles. The second kappa shape index (κ2) is 8.08. The van der Waals surface area contributed by atoms with E-state index in [1.165, 1.54) is 0 Å². The number of rotatable bonds is 7. The maximum atomic E-state index is 10.9. The molecule has 0 unspecified atom stereocenters. The molecule has 0 heterocycles. The molecule has 0 rings (SSSR count). The van der Waals surface area contributed by atoms with Crippen LogP contribution in [-0.2, 0) is 14.3 Å². The van der Waals surface area contributed by atoms with Crippen molar-refractivity contribution >= 4 is 17.6 Å². The lowest BCUT2D eigenvalue weighted by Crippen LogP contribution is -2.24. The highest BCUT2D eigenvalue weighted by atomic mass is 35.5. The molecular formula is C9H15ClO3. The fourth-order valence-electron chi connectivity index (χ4n) is 0.662. The summed E-state index contributed by atoms with van der Waals surface area (Å²) in [6, 6.07) is 0. The van der Waals surface area contributed by atoms with E-state index in [9.17, 15) is 4.79 Å². The minimum atomic E-state index is -0.353. The van der Waals surface area contributed by atoms with Crippen molar-refractivity contribution in [3.8, 4) is 0 Å². The standard InChI is InChI=1S/C9H15ClO3/c1-3-5-12-7-8(6-10)13-9(11)4-2/h3,8H,1,4-7H2,2H3/t8-/m0/s1. The van der Waals surface area contributed by atoms with Crippen molar-refractivity contribution in [1.29, 1.82) is 0 Å². The molecule has 0 saturated carbocycles. The molecule has 0 aliphatic heterocycles. The minimum absolute atomic E-state index is 0.253. The van der Waals surface area contributed by atoms with Crippen LogP contribution >= 0.6 is 11.6 Å². The Kier molecular flexibility index (Phi) is 7.74. The van der Waals surface area contributed by atoms with Crippen LogP contribution in [0.1, 0.15) is 13.3 Å². The molecule has 0 aromatic heterocycles. The Bertz CT molecular complexity index is 159. The molecule has 0 saturated heterocycles. The summed E-state index contributed by atoms with van der Waals surface area (Å²) in [5.74, 6) is -0.00376. The van der Waals surface area contributed by atoms with Crippen LogP contribution < -0.4 is 0 Å². The Morgan fingerprint density at radius 1 is 1.69 bits per heavy atom. The summed E-state index contributed by atoms with van der Waals surface area (Å²) in [6.07, 6.45) is 1.64. The molecule has 13 heavy (non-hydrogen) atoms. The van der Waals surface area contributed by atoms with E-state index in [0.29, 0.717) is 19.6 Å². The van der Waals surface area contributed by atoms with Crippen LogP contribution in [0.25, 0.3) is 0 Å². The number of halogens is 1. The molecule has 0 amide bonds. The van der Waals surface area contributed by atoms with Crippen LogP contribution in [0, 0.1) is 0 Å². The molecule has 1 atom stereocenters. The SMILES string of the molecule is C=CCOC[C@H](CCl)OC(=O)CC. The molecule has 3 nitrogen and oxygen atoms in total. The van der Waals surface area contributed by atoms with Crippen molar-refractivity contribution in [2.75, 3.05) is 19.1 Å². The third-order valence-corrected chi connectivity index (χ3v) is 1.64. The van der Waals surface area contributed by atoms with Gasteiger partial charge in [0, 0.05) is 6.42 Å². The first-order valence-corrected chi connectivity index (χ1v) is 4.72. The molecule has 0 aliphatic carbocycles. The summed E-state index contributed by atoms with van der Waals surface area (Å²) in [5, 5.41) is 0. The smallest absolute Gasteiger partial charge is 0.305 e. The van der Waals surface area contributed by atoms with E-state index in [2.05, 4.69) is 6.58 Å². The lowest BCUT2D eigenvalue weighted by Gasteiger charge is -2.14. The summed E-state index contributed by atoms with van der Waals surface area (Å²) in [7, 11) is 0. The maximum Gasteiger partial charge on any atom is 0.305 e. The van der Waals surface area contributed by atoms with Gasteiger partial charge in [-0.25, -0.2) is 0 Å². The van der Waals surface area contributed by atoms with Gasteiger partial charge < -0.3 is 9.47 Å². The second-order valence-electron chi connectivity index (χ2n) is 2.45. The molecule has 0 fully saturated rings. The summed E-state index contributed by atoms with van der Waals surface area (Å²) in [4.78, 5) is 10.9. The van der Waals surface area contributed by atoms with Crippen LogP contribution in [0.3, 0.4) is 0 Å². The number of alkyl halides is 1. The topological polar surface area (TPSA) is 35.5 Å². The lowest BCUT2D eigenvalue weighted by atomic mass is 10.4. The van der Waals surface area contributed by atoms with Crippen molar-refractivity contribution in [3.63, 3.8) is 0 Å². The van der Waals surface area contributed by atoms with E-state index in [1.54, 1.807) is 13.0 Å². The largest absolute Gasteiger partial charge is 0.459 e. The summed E-state index contributed by atoms with van der Waals surface area (Å²) >= 11 is 5.56. The van der Waals surface area contributed by atoms with E-state index < -0.39 is 0 Å². The van der Waals surface area contributed by atoms with E-state index >= 15 is 0 Å². The number of carbonyl (C=O) groups is 1. The molecule has 0 aromatic rings. The third-order valence-electron chi connectivity index (χ3n) is 1.30. The molecule has 76 valence electrons. The highest BCUT2D eigenvalue weighted by molar-refractivity contribution is 6.18. The monoisotopic (exact) mass is 206 g/mol. The fraction of sp³-hybridized carbons (Fsp3) is 0.667. The van der Waals surface area contributed by atoms with E-state index in [-0.39, 0.29) is 18.0 Å². The quantitative estimate of drug-likeness (QED) is 0.276. The minimum Gasteiger partial charge on any atom is -0.459 e. The van der Waals surface area contributed by atoms with Crippen molar-refractivity contribution in [1.82, 2.24) is 0 Å². The highest BCUT2D eigenvalue weighted by Crippen LogP contribution is 1.99. The molecular weight excluding hydrogens is 192 g/mol. The number of hydrogen-bond donors (Lipinski definition) is 0. The van der Waals surface area contributed by atoms with Gasteiger partial charge in [-0.05, 0) is 0 Å².